The van der Waals surface area contributed by atoms with E-state index in [1.165, 1.54) is 116 Å². The first-order chi connectivity index (χ1) is 31.2. The molecule has 0 saturated carbocycles. The van der Waals surface area contributed by atoms with Gasteiger partial charge in [-0.15, -0.1) is 0 Å². The number of hydrogen-bond donors (Lipinski definition) is 1. The predicted molar refractivity (Wildman–Crippen MR) is 269 cm³/mol. The molecule has 1 fully saturated rings. The Balaban J connectivity index is 2.37. The largest absolute Gasteiger partial charge is 0.465 e. The minimum absolute atomic E-state index is 0.0186. The summed E-state index contributed by atoms with van der Waals surface area (Å²) in [6.45, 7) is 12.0. The summed E-state index contributed by atoms with van der Waals surface area (Å²) in [6.07, 6.45) is 42.9. The van der Waals surface area contributed by atoms with Crippen LogP contribution < -0.4 is 0 Å². The summed E-state index contributed by atoms with van der Waals surface area (Å²) in [5.41, 5.74) is -0.733. The second-order valence-electron chi connectivity index (χ2n) is 20.2. The molecule has 8 nitrogen and oxygen atoms in total. The van der Waals surface area contributed by atoms with E-state index in [-0.39, 0.29) is 35.7 Å². The number of carbonyl (C=O) groups excluding carboxylic acids is 3. The van der Waals surface area contributed by atoms with Crippen LogP contribution in [-0.2, 0) is 28.6 Å². The van der Waals surface area contributed by atoms with Crippen molar-refractivity contribution < 1.29 is 33.7 Å². The first kappa shape index (κ1) is 60.3. The normalized spacial score (nSPS) is 15.5. The molecule has 8 heteroatoms. The molecule has 64 heavy (non-hydrogen) atoms. The molecule has 2 atom stereocenters. The zero-order chi connectivity index (χ0) is 46.8. The van der Waals surface area contributed by atoms with E-state index >= 15 is 0 Å². The number of ether oxygens (including phenoxy) is 3. The topological polar surface area (TPSA) is 102 Å². The zero-order valence-corrected chi connectivity index (χ0v) is 43.2. The Morgan fingerprint density at radius 2 is 0.781 bits per heavy atom. The van der Waals surface area contributed by atoms with E-state index in [1.54, 1.807) is 0 Å². The fourth-order valence-corrected chi connectivity index (χ4v) is 9.60. The highest BCUT2D eigenvalue weighted by Crippen LogP contribution is 2.29. The van der Waals surface area contributed by atoms with Crippen molar-refractivity contribution in [2.24, 2.45) is 17.8 Å². The fourth-order valence-electron chi connectivity index (χ4n) is 9.60. The third-order valence-electron chi connectivity index (χ3n) is 14.4. The lowest BCUT2D eigenvalue weighted by molar-refractivity contribution is -0.150. The van der Waals surface area contributed by atoms with Crippen molar-refractivity contribution in [3.8, 4) is 0 Å². The molecule has 0 aliphatic carbocycles. The van der Waals surface area contributed by atoms with Gasteiger partial charge in [-0.05, 0) is 104 Å². The van der Waals surface area contributed by atoms with E-state index in [9.17, 15) is 19.5 Å². The van der Waals surface area contributed by atoms with Crippen LogP contribution in [-0.4, -0.2) is 73.5 Å². The quantitative estimate of drug-likeness (QED) is 0.0366. The molecular weight excluding hydrogens is 799 g/mol. The zero-order valence-electron chi connectivity index (χ0n) is 43.2. The molecule has 2 unspecified atom stereocenters. The standard InChI is InChI=1S/C56H107NO7/c1-6-10-12-14-16-18-20-22-24-30-38-50(8-3)53(58)62-47-35-28-26-32-42-56(61,44-34-37-49-64-55(60)52-40-45-57(5)46-41-52)43-33-27-29-36-48-63-54(59)51(9-4)39-31-25-23-21-19-17-15-13-11-7-2/h50-52,61H,6-49H2,1-5H3. The predicted octanol–water partition coefficient (Wildman–Crippen LogP) is 15.4. The van der Waals surface area contributed by atoms with Gasteiger partial charge in [-0.3, -0.25) is 14.4 Å². The summed E-state index contributed by atoms with van der Waals surface area (Å²) in [6, 6.07) is 0. The Hall–Kier alpha value is -1.67. The van der Waals surface area contributed by atoms with Gasteiger partial charge < -0.3 is 24.2 Å². The van der Waals surface area contributed by atoms with Crippen LogP contribution in [0.25, 0.3) is 0 Å². The molecule has 0 aromatic rings. The second-order valence-corrected chi connectivity index (χ2v) is 20.2. The molecule has 1 heterocycles. The SMILES string of the molecule is CCCCCCCCCCCCC(CC)C(=O)OCCCCCCC(O)(CCCCCCOC(=O)C(CC)CCCCCCCCCCCC)CCCCOC(=O)C1CCN(C)CC1. The number of carbonyl (C=O) groups is 3. The molecular formula is C56H107NO7. The van der Waals surface area contributed by atoms with Gasteiger partial charge in [-0.2, -0.15) is 0 Å². The molecule has 0 radical (unpaired) electrons. The van der Waals surface area contributed by atoms with E-state index in [0.29, 0.717) is 26.2 Å². The second kappa shape index (κ2) is 42.7. The molecule has 1 aliphatic rings. The molecule has 1 N–H and O–H groups in total. The monoisotopic (exact) mass is 906 g/mol. The van der Waals surface area contributed by atoms with Gasteiger partial charge in [0.15, 0.2) is 0 Å². The number of likely N-dealkylation sites (tertiary alicyclic amines) is 1. The lowest BCUT2D eigenvalue weighted by Crippen LogP contribution is -2.34. The molecule has 0 bridgehead atoms. The van der Waals surface area contributed by atoms with Crippen LogP contribution in [0.1, 0.15) is 278 Å². The van der Waals surface area contributed by atoms with Gasteiger partial charge >= 0.3 is 17.9 Å². The number of hydrogen-bond acceptors (Lipinski definition) is 8. The molecule has 1 saturated heterocycles. The van der Waals surface area contributed by atoms with Crippen molar-refractivity contribution in [2.75, 3.05) is 40.0 Å². The van der Waals surface area contributed by atoms with E-state index in [2.05, 4.69) is 39.6 Å². The fraction of sp³-hybridized carbons (Fsp3) is 0.946. The van der Waals surface area contributed by atoms with Gasteiger partial charge in [0.2, 0.25) is 0 Å². The smallest absolute Gasteiger partial charge is 0.309 e. The van der Waals surface area contributed by atoms with Gasteiger partial charge in [0.1, 0.15) is 0 Å². The summed E-state index contributed by atoms with van der Waals surface area (Å²) in [5.74, 6) is -0.0347. The highest BCUT2D eigenvalue weighted by Gasteiger charge is 2.27. The van der Waals surface area contributed by atoms with Crippen LogP contribution in [0.5, 0.6) is 0 Å². The maximum absolute atomic E-state index is 12.8. The molecule has 378 valence electrons. The maximum atomic E-state index is 12.8. The summed E-state index contributed by atoms with van der Waals surface area (Å²) >= 11 is 0. The Labute approximate surface area is 396 Å². The third-order valence-corrected chi connectivity index (χ3v) is 14.4. The van der Waals surface area contributed by atoms with Crippen LogP contribution in [0.15, 0.2) is 0 Å². The Kier molecular flexibility index (Phi) is 40.2. The van der Waals surface area contributed by atoms with Gasteiger partial charge in [0.05, 0.1) is 43.2 Å². The van der Waals surface area contributed by atoms with Crippen LogP contribution in [0.3, 0.4) is 0 Å². The Bertz CT molecular complexity index is 1020. The number of aliphatic hydroxyl groups is 1. The van der Waals surface area contributed by atoms with Crippen molar-refractivity contribution in [1.29, 1.82) is 0 Å². The molecule has 0 aromatic carbocycles. The number of unbranched alkanes of at least 4 members (excludes halogenated alkanes) is 25. The number of piperidine rings is 1. The van der Waals surface area contributed by atoms with Crippen LogP contribution >= 0.6 is 0 Å². The van der Waals surface area contributed by atoms with E-state index in [4.69, 9.17) is 14.2 Å². The maximum Gasteiger partial charge on any atom is 0.309 e. The first-order valence-electron chi connectivity index (χ1n) is 28.1. The van der Waals surface area contributed by atoms with Crippen molar-refractivity contribution in [3.63, 3.8) is 0 Å². The highest BCUT2D eigenvalue weighted by atomic mass is 16.5. The van der Waals surface area contributed by atoms with Gasteiger partial charge in [0, 0.05) is 0 Å². The highest BCUT2D eigenvalue weighted by molar-refractivity contribution is 5.73. The van der Waals surface area contributed by atoms with Crippen LogP contribution in [0, 0.1) is 17.8 Å². The van der Waals surface area contributed by atoms with Gasteiger partial charge in [-0.1, -0.05) is 195 Å². The molecule has 0 spiro atoms. The lowest BCUT2D eigenvalue weighted by Gasteiger charge is -2.29. The Morgan fingerprint density at radius 1 is 0.469 bits per heavy atom. The summed E-state index contributed by atoms with van der Waals surface area (Å²) < 4.78 is 17.1. The van der Waals surface area contributed by atoms with E-state index in [0.717, 1.165) is 142 Å². The first-order valence-corrected chi connectivity index (χ1v) is 28.1. The van der Waals surface area contributed by atoms with Crippen molar-refractivity contribution >= 4 is 17.9 Å². The van der Waals surface area contributed by atoms with Crippen LogP contribution in [0.2, 0.25) is 0 Å². The molecule has 1 aliphatic heterocycles. The Morgan fingerprint density at radius 3 is 1.17 bits per heavy atom. The number of rotatable bonds is 46. The summed E-state index contributed by atoms with van der Waals surface area (Å²) in [4.78, 5) is 40.5. The average Bonchev–Trinajstić information content (AvgIpc) is 3.29. The lowest BCUT2D eigenvalue weighted by atomic mass is 9.85. The number of nitrogens with zero attached hydrogens (tertiary/aromatic N) is 1. The van der Waals surface area contributed by atoms with Gasteiger partial charge in [0.25, 0.3) is 0 Å². The van der Waals surface area contributed by atoms with E-state index in [1.807, 2.05) is 0 Å². The van der Waals surface area contributed by atoms with E-state index < -0.39 is 5.60 Å². The minimum Gasteiger partial charge on any atom is -0.465 e. The average molecular weight is 906 g/mol. The third kappa shape index (κ3) is 33.7. The molecule has 0 amide bonds. The molecule has 1 rings (SSSR count). The van der Waals surface area contributed by atoms with Crippen LogP contribution in [0.4, 0.5) is 0 Å². The minimum atomic E-state index is -0.733. The van der Waals surface area contributed by atoms with Crippen molar-refractivity contribution in [2.45, 2.75) is 284 Å². The summed E-state index contributed by atoms with van der Waals surface area (Å²) in [5, 5.41) is 11.9. The van der Waals surface area contributed by atoms with Crippen molar-refractivity contribution in [3.05, 3.63) is 0 Å². The van der Waals surface area contributed by atoms with Crippen molar-refractivity contribution in [1.82, 2.24) is 4.90 Å². The van der Waals surface area contributed by atoms with Gasteiger partial charge in [-0.25, -0.2) is 0 Å². The molecule has 0 aromatic heterocycles. The summed E-state index contributed by atoms with van der Waals surface area (Å²) in [7, 11) is 2.10. The number of esters is 3.